The van der Waals surface area contributed by atoms with Gasteiger partial charge in [-0.1, -0.05) is 6.07 Å². The number of rotatable bonds is 6. The Morgan fingerprint density at radius 2 is 2.10 bits per heavy atom. The molecule has 2 amide bonds. The summed E-state index contributed by atoms with van der Waals surface area (Å²) in [4.78, 5) is 26.6. The fourth-order valence-electron chi connectivity index (χ4n) is 2.67. The predicted molar refractivity (Wildman–Crippen MR) is 108 cm³/mol. The predicted octanol–water partition coefficient (Wildman–Crippen LogP) is 2.41. The Morgan fingerprint density at radius 1 is 1.35 bits per heavy atom. The molecule has 2 heterocycles. The number of nitrogens with two attached hydrogens (primary N) is 1. The van der Waals surface area contributed by atoms with Crippen molar-refractivity contribution < 1.29 is 33.0 Å². The summed E-state index contributed by atoms with van der Waals surface area (Å²) in [6.07, 6.45) is 1.99. The van der Waals surface area contributed by atoms with Crippen LogP contribution in [0.1, 0.15) is 37.2 Å². The topological polar surface area (TPSA) is 124 Å². The number of nitrogens with zero attached hydrogens (tertiary/aromatic N) is 1. The maximum Gasteiger partial charge on any atom is 0.267 e. The second-order valence-corrected chi connectivity index (χ2v) is 7.01. The van der Waals surface area contributed by atoms with Crippen molar-refractivity contribution in [3.8, 4) is 5.75 Å². The van der Waals surface area contributed by atoms with E-state index in [9.17, 15) is 18.4 Å². The lowest BCUT2D eigenvalue weighted by atomic mass is 10.2. The molecule has 3 atom stereocenters. The highest BCUT2D eigenvalue weighted by Crippen LogP contribution is 2.21. The molecule has 0 aliphatic carbocycles. The van der Waals surface area contributed by atoms with Crippen LogP contribution in [0.4, 0.5) is 14.5 Å². The summed E-state index contributed by atoms with van der Waals surface area (Å²) in [6, 6.07) is 6.70. The van der Waals surface area contributed by atoms with Crippen LogP contribution in [-0.2, 0) is 9.53 Å². The van der Waals surface area contributed by atoms with Gasteiger partial charge in [-0.15, -0.1) is 0 Å². The van der Waals surface area contributed by atoms with Gasteiger partial charge in [-0.3, -0.25) is 14.6 Å². The number of aromatic nitrogens is 1. The van der Waals surface area contributed by atoms with Gasteiger partial charge in [0.05, 0.1) is 12.2 Å². The first-order valence-corrected chi connectivity index (χ1v) is 9.64. The second-order valence-electron chi connectivity index (χ2n) is 7.01. The Balaban J connectivity index is 0.000000233. The standard InChI is InChI=1S/C12H15N3O3.C9H10F2O2/c1-7-2-3-10(18-7)12(17)15-8-4-5-14-9(6-8)11(13)16;1-6(12)5-13-8-4-2-3-7(10)9(8)11/h4-7,10H,2-3H2,1H3,(H2,13,16)(H,14,15,17);2-4,6,12H,5H2,1H3. The molecule has 0 spiro atoms. The van der Waals surface area contributed by atoms with Gasteiger partial charge in [0.15, 0.2) is 11.6 Å². The van der Waals surface area contributed by atoms with Crippen molar-refractivity contribution in [3.63, 3.8) is 0 Å². The number of aliphatic hydroxyl groups excluding tert-OH is 1. The zero-order valence-electron chi connectivity index (χ0n) is 17.2. The molecule has 4 N–H and O–H groups in total. The van der Waals surface area contributed by atoms with Crippen LogP contribution in [0.5, 0.6) is 5.75 Å². The monoisotopic (exact) mass is 437 g/mol. The first-order chi connectivity index (χ1) is 14.7. The average molecular weight is 437 g/mol. The second kappa shape index (κ2) is 11.3. The van der Waals surface area contributed by atoms with E-state index in [4.69, 9.17) is 20.3 Å². The quantitative estimate of drug-likeness (QED) is 0.638. The summed E-state index contributed by atoms with van der Waals surface area (Å²) in [7, 11) is 0. The van der Waals surface area contributed by atoms with Crippen molar-refractivity contribution in [2.24, 2.45) is 5.73 Å². The van der Waals surface area contributed by atoms with Crippen molar-refractivity contribution in [2.45, 2.75) is 45.0 Å². The van der Waals surface area contributed by atoms with E-state index in [1.165, 1.54) is 31.3 Å². The number of aliphatic hydroxyl groups is 1. The normalized spacial score (nSPS) is 18.5. The van der Waals surface area contributed by atoms with E-state index < -0.39 is 29.7 Å². The highest BCUT2D eigenvalue weighted by Gasteiger charge is 2.28. The molecule has 1 aromatic heterocycles. The van der Waals surface area contributed by atoms with E-state index in [0.29, 0.717) is 12.1 Å². The molecule has 31 heavy (non-hydrogen) atoms. The number of hydrogen-bond donors (Lipinski definition) is 3. The number of primary amides is 1. The van der Waals surface area contributed by atoms with Gasteiger partial charge in [-0.05, 0) is 51.0 Å². The van der Waals surface area contributed by atoms with E-state index in [0.717, 1.165) is 12.5 Å². The fraction of sp³-hybridized carbons (Fsp3) is 0.381. The van der Waals surface area contributed by atoms with Crippen molar-refractivity contribution in [3.05, 3.63) is 53.9 Å². The first kappa shape index (κ1) is 24.2. The van der Waals surface area contributed by atoms with Crippen LogP contribution < -0.4 is 15.8 Å². The van der Waals surface area contributed by atoms with Gasteiger partial charge in [0.1, 0.15) is 18.4 Å². The van der Waals surface area contributed by atoms with Crippen LogP contribution in [0, 0.1) is 11.6 Å². The molecular weight excluding hydrogens is 412 g/mol. The van der Waals surface area contributed by atoms with Crippen molar-refractivity contribution >= 4 is 17.5 Å². The highest BCUT2D eigenvalue weighted by atomic mass is 19.2. The van der Waals surface area contributed by atoms with E-state index in [1.54, 1.807) is 6.07 Å². The summed E-state index contributed by atoms with van der Waals surface area (Å²) in [6.45, 7) is 3.38. The maximum atomic E-state index is 12.9. The SMILES string of the molecule is CC(O)COc1cccc(F)c1F.CC1CCC(C(=O)Nc2ccnc(C(N)=O)c2)O1. The molecule has 0 radical (unpaired) electrons. The largest absolute Gasteiger partial charge is 0.488 e. The number of carbonyl (C=O) groups excluding carboxylic acids is 2. The molecule has 1 fully saturated rings. The van der Waals surface area contributed by atoms with E-state index >= 15 is 0 Å². The Morgan fingerprint density at radius 3 is 2.71 bits per heavy atom. The number of halogens is 2. The third-order valence-electron chi connectivity index (χ3n) is 4.20. The van der Waals surface area contributed by atoms with Crippen LogP contribution in [0.15, 0.2) is 36.5 Å². The molecule has 8 nitrogen and oxygen atoms in total. The molecule has 0 bridgehead atoms. The van der Waals surface area contributed by atoms with Crippen LogP contribution in [0.25, 0.3) is 0 Å². The molecule has 0 saturated carbocycles. The lowest BCUT2D eigenvalue weighted by Gasteiger charge is -2.11. The van der Waals surface area contributed by atoms with Crippen LogP contribution in [0.2, 0.25) is 0 Å². The summed E-state index contributed by atoms with van der Waals surface area (Å²) in [5.41, 5.74) is 5.73. The lowest BCUT2D eigenvalue weighted by Crippen LogP contribution is -2.28. The Labute approximate surface area is 178 Å². The van der Waals surface area contributed by atoms with Crippen LogP contribution >= 0.6 is 0 Å². The number of nitrogens with one attached hydrogen (secondary N) is 1. The highest BCUT2D eigenvalue weighted by molar-refractivity contribution is 5.96. The number of benzene rings is 1. The smallest absolute Gasteiger partial charge is 0.267 e. The Kier molecular flexibility index (Phi) is 8.83. The van der Waals surface area contributed by atoms with Gasteiger partial charge in [0.2, 0.25) is 5.82 Å². The molecule has 3 unspecified atom stereocenters. The number of amides is 2. The minimum absolute atomic E-state index is 0.0552. The molecule has 1 saturated heterocycles. The summed E-state index contributed by atoms with van der Waals surface area (Å²) >= 11 is 0. The number of hydrogen-bond acceptors (Lipinski definition) is 6. The zero-order chi connectivity index (χ0) is 23.0. The minimum atomic E-state index is -1.02. The number of pyridine rings is 1. The summed E-state index contributed by atoms with van der Waals surface area (Å²) in [5.74, 6) is -3.00. The van der Waals surface area contributed by atoms with Crippen LogP contribution in [-0.4, -0.2) is 46.8 Å². The van der Waals surface area contributed by atoms with Crippen LogP contribution in [0.3, 0.4) is 0 Å². The molecule has 3 rings (SSSR count). The van der Waals surface area contributed by atoms with Crippen molar-refractivity contribution in [2.75, 3.05) is 11.9 Å². The minimum Gasteiger partial charge on any atom is -0.488 e. The fourth-order valence-corrected chi connectivity index (χ4v) is 2.67. The summed E-state index contributed by atoms with van der Waals surface area (Å²) in [5, 5.41) is 11.5. The van der Waals surface area contributed by atoms with Crippen molar-refractivity contribution in [1.29, 1.82) is 0 Å². The molecule has 1 aromatic carbocycles. The van der Waals surface area contributed by atoms with Gasteiger partial charge < -0.3 is 25.6 Å². The van der Waals surface area contributed by atoms with E-state index in [-0.39, 0.29) is 30.1 Å². The molecule has 168 valence electrons. The zero-order valence-corrected chi connectivity index (χ0v) is 17.2. The average Bonchev–Trinajstić information content (AvgIpc) is 3.16. The van der Waals surface area contributed by atoms with Gasteiger partial charge in [-0.25, -0.2) is 4.39 Å². The number of ether oxygens (including phenoxy) is 2. The third kappa shape index (κ3) is 7.58. The van der Waals surface area contributed by atoms with Gasteiger partial charge in [-0.2, -0.15) is 4.39 Å². The molecule has 2 aromatic rings. The van der Waals surface area contributed by atoms with Gasteiger partial charge in [0.25, 0.3) is 11.8 Å². The first-order valence-electron chi connectivity index (χ1n) is 9.64. The maximum absolute atomic E-state index is 12.9. The van der Waals surface area contributed by atoms with E-state index in [1.807, 2.05) is 6.92 Å². The molecule has 1 aliphatic rings. The van der Waals surface area contributed by atoms with Crippen molar-refractivity contribution in [1.82, 2.24) is 4.98 Å². The number of anilines is 1. The third-order valence-corrected chi connectivity index (χ3v) is 4.20. The molecule has 1 aliphatic heterocycles. The lowest BCUT2D eigenvalue weighted by molar-refractivity contribution is -0.126. The van der Waals surface area contributed by atoms with Gasteiger partial charge >= 0.3 is 0 Å². The molecular formula is C21H25F2N3O5. The van der Waals surface area contributed by atoms with Gasteiger partial charge in [0, 0.05) is 11.9 Å². The number of carbonyl (C=O) groups is 2. The molecule has 10 heteroatoms. The van der Waals surface area contributed by atoms with E-state index in [2.05, 4.69) is 10.3 Å². The summed E-state index contributed by atoms with van der Waals surface area (Å²) < 4.78 is 35.7. The Hall–Kier alpha value is -3.11. The Bertz CT molecular complexity index is 910.